The molecule has 0 saturated heterocycles. The second kappa shape index (κ2) is 9.62. The number of hydrogen-bond donors (Lipinski definition) is 2. The second-order valence-corrected chi connectivity index (χ2v) is 10.3. The summed E-state index contributed by atoms with van der Waals surface area (Å²) >= 11 is 8.10. The summed E-state index contributed by atoms with van der Waals surface area (Å²) < 4.78 is 42.0. The van der Waals surface area contributed by atoms with Gasteiger partial charge >= 0.3 is 6.18 Å². The summed E-state index contributed by atoms with van der Waals surface area (Å²) in [6.45, 7) is 0. The molecule has 2 aromatic carbocycles. The van der Waals surface area contributed by atoms with Gasteiger partial charge in [0.1, 0.15) is 9.71 Å². The molecule has 5 nitrogen and oxygen atoms in total. The van der Waals surface area contributed by atoms with Gasteiger partial charge in [0.25, 0.3) is 5.91 Å². The Kier molecular flexibility index (Phi) is 6.49. The van der Waals surface area contributed by atoms with E-state index in [1.165, 1.54) is 29.5 Å². The molecule has 0 bridgehead atoms. The van der Waals surface area contributed by atoms with Gasteiger partial charge in [-0.15, -0.1) is 22.7 Å². The summed E-state index contributed by atoms with van der Waals surface area (Å²) in [4.78, 5) is 31.1. The Morgan fingerprint density at radius 1 is 1.00 bits per heavy atom. The molecule has 3 heterocycles. The fourth-order valence-corrected chi connectivity index (χ4v) is 5.67. The third kappa shape index (κ3) is 4.83. The molecule has 0 radical (unpaired) electrons. The third-order valence-corrected chi connectivity index (χ3v) is 7.72. The first-order valence-electron chi connectivity index (χ1n) is 10.7. The van der Waals surface area contributed by atoms with Crippen LogP contribution in [0.25, 0.3) is 20.8 Å². The number of nitrogens with zero attached hydrogens (tertiary/aromatic N) is 1. The van der Waals surface area contributed by atoms with E-state index in [-0.39, 0.29) is 48.5 Å². The molecule has 11 heteroatoms. The van der Waals surface area contributed by atoms with Crippen molar-refractivity contribution in [3.05, 3.63) is 98.7 Å². The Morgan fingerprint density at radius 3 is 2.43 bits per heavy atom. The van der Waals surface area contributed by atoms with E-state index in [9.17, 15) is 22.8 Å². The molecular formula is C26H15ClF3N3O2S2. The van der Waals surface area contributed by atoms with Crippen molar-refractivity contribution in [2.45, 2.75) is 6.18 Å². The van der Waals surface area contributed by atoms with Crippen molar-refractivity contribution in [2.75, 3.05) is 11.1 Å². The van der Waals surface area contributed by atoms with E-state index >= 15 is 0 Å². The minimum atomic E-state index is -4.72. The van der Waals surface area contributed by atoms with E-state index < -0.39 is 17.6 Å². The number of aromatic nitrogens is 1. The highest BCUT2D eigenvalue weighted by molar-refractivity contribution is 7.21. The lowest BCUT2D eigenvalue weighted by Gasteiger charge is -2.12. The number of anilines is 2. The molecule has 0 spiro atoms. The highest BCUT2D eigenvalue weighted by atomic mass is 35.5. The van der Waals surface area contributed by atoms with Crippen molar-refractivity contribution >= 4 is 67.6 Å². The number of benzene rings is 2. The number of halogens is 4. The lowest BCUT2D eigenvalue weighted by Crippen LogP contribution is -2.15. The standard InChI is InChI=1S/C26H15ClF3N3O2S2/c27-14-8-9-17(15(11-14)22(34)13-5-2-1-3-6-13)32-24(35)23-21(31)20-16(26(28,29)30)12-18(33-25(20)37-23)19-7-4-10-36-19/h1-12H,31H2,(H,32,35). The van der Waals surface area contributed by atoms with Gasteiger partial charge in [-0.2, -0.15) is 13.2 Å². The van der Waals surface area contributed by atoms with Crippen LogP contribution in [0.2, 0.25) is 5.02 Å². The Bertz CT molecular complexity index is 1650. The van der Waals surface area contributed by atoms with E-state index in [0.717, 1.165) is 17.4 Å². The van der Waals surface area contributed by atoms with Crippen LogP contribution in [0.3, 0.4) is 0 Å². The molecule has 0 atom stereocenters. The number of nitrogens with one attached hydrogen (secondary N) is 1. The first-order valence-corrected chi connectivity index (χ1v) is 12.8. The number of fused-ring (bicyclic) bond motifs is 1. The minimum Gasteiger partial charge on any atom is -0.397 e. The first kappa shape index (κ1) is 24.9. The Morgan fingerprint density at radius 2 is 1.76 bits per heavy atom. The molecule has 0 aliphatic heterocycles. The molecule has 0 saturated carbocycles. The second-order valence-electron chi connectivity index (χ2n) is 7.89. The van der Waals surface area contributed by atoms with Crippen LogP contribution in [-0.2, 0) is 6.18 Å². The zero-order valence-corrected chi connectivity index (χ0v) is 21.0. The number of carbonyl (C=O) groups is 2. The molecule has 3 N–H and O–H groups in total. The molecule has 186 valence electrons. The number of pyridine rings is 1. The Balaban J connectivity index is 1.57. The van der Waals surface area contributed by atoms with Gasteiger partial charge in [0.05, 0.1) is 27.5 Å². The normalized spacial score (nSPS) is 11.6. The molecule has 0 aliphatic carbocycles. The minimum absolute atomic E-state index is 0.0161. The number of amides is 1. The lowest BCUT2D eigenvalue weighted by molar-refractivity contribution is -0.136. The Labute approximate surface area is 221 Å². The van der Waals surface area contributed by atoms with E-state index in [1.54, 1.807) is 47.8 Å². The van der Waals surface area contributed by atoms with E-state index in [2.05, 4.69) is 10.3 Å². The summed E-state index contributed by atoms with van der Waals surface area (Å²) in [7, 11) is 0. The van der Waals surface area contributed by atoms with E-state index in [1.807, 2.05) is 0 Å². The lowest BCUT2D eigenvalue weighted by atomic mass is 10.0. The summed E-state index contributed by atoms with van der Waals surface area (Å²) in [5.74, 6) is -1.15. The van der Waals surface area contributed by atoms with Crippen molar-refractivity contribution in [3.8, 4) is 10.6 Å². The molecule has 37 heavy (non-hydrogen) atoms. The van der Waals surface area contributed by atoms with Gasteiger partial charge in [-0.25, -0.2) is 4.98 Å². The van der Waals surface area contributed by atoms with Crippen molar-refractivity contribution in [3.63, 3.8) is 0 Å². The molecule has 0 unspecified atom stereocenters. The first-order chi connectivity index (χ1) is 17.6. The molecule has 1 amide bonds. The zero-order valence-electron chi connectivity index (χ0n) is 18.6. The van der Waals surface area contributed by atoms with Crippen LogP contribution in [0, 0.1) is 0 Å². The number of ketones is 1. The van der Waals surface area contributed by atoms with Gasteiger partial charge in [0.2, 0.25) is 0 Å². The van der Waals surface area contributed by atoms with Crippen molar-refractivity contribution in [1.29, 1.82) is 0 Å². The summed E-state index contributed by atoms with van der Waals surface area (Å²) in [6, 6.07) is 17.1. The highest BCUT2D eigenvalue weighted by Crippen LogP contribution is 2.44. The van der Waals surface area contributed by atoms with Crippen LogP contribution in [0.15, 0.2) is 72.1 Å². The van der Waals surface area contributed by atoms with Crippen molar-refractivity contribution < 1.29 is 22.8 Å². The SMILES string of the molecule is Nc1c(C(=O)Nc2ccc(Cl)cc2C(=O)c2ccccc2)sc2nc(-c3cccs3)cc(C(F)(F)F)c12. The van der Waals surface area contributed by atoms with E-state index in [4.69, 9.17) is 17.3 Å². The van der Waals surface area contributed by atoms with Crippen LogP contribution in [0.4, 0.5) is 24.5 Å². The fourth-order valence-electron chi connectivity index (χ4n) is 3.80. The predicted molar refractivity (Wildman–Crippen MR) is 142 cm³/mol. The maximum Gasteiger partial charge on any atom is 0.417 e. The molecular weight excluding hydrogens is 543 g/mol. The maximum atomic E-state index is 14.0. The Hall–Kier alpha value is -3.73. The fraction of sp³-hybridized carbons (Fsp3) is 0.0385. The third-order valence-electron chi connectivity index (χ3n) is 5.49. The number of thiophene rings is 2. The van der Waals surface area contributed by atoms with Gasteiger partial charge in [-0.3, -0.25) is 9.59 Å². The quantitative estimate of drug-likeness (QED) is 0.216. The summed E-state index contributed by atoms with van der Waals surface area (Å²) in [5.41, 5.74) is 5.57. The van der Waals surface area contributed by atoms with E-state index in [0.29, 0.717) is 10.4 Å². The van der Waals surface area contributed by atoms with Crippen molar-refractivity contribution in [1.82, 2.24) is 4.98 Å². The smallest absolute Gasteiger partial charge is 0.397 e. The number of hydrogen-bond acceptors (Lipinski definition) is 6. The van der Waals surface area contributed by atoms with Gasteiger partial charge in [0.15, 0.2) is 5.78 Å². The topological polar surface area (TPSA) is 85.1 Å². The molecule has 0 aliphatic rings. The van der Waals surface area contributed by atoms with Gasteiger partial charge in [-0.1, -0.05) is 48.0 Å². The van der Waals surface area contributed by atoms with Gasteiger partial charge in [-0.05, 0) is 35.7 Å². The summed E-state index contributed by atoms with van der Waals surface area (Å²) in [6.07, 6.45) is -4.72. The largest absolute Gasteiger partial charge is 0.417 e. The molecule has 0 fully saturated rings. The molecule has 5 rings (SSSR count). The van der Waals surface area contributed by atoms with Crippen LogP contribution in [0.5, 0.6) is 0 Å². The predicted octanol–water partition coefficient (Wildman–Crippen LogP) is 7.76. The van der Waals surface area contributed by atoms with Gasteiger partial charge < -0.3 is 11.1 Å². The monoisotopic (exact) mass is 557 g/mol. The average Bonchev–Trinajstić information content (AvgIpc) is 3.52. The van der Waals surface area contributed by atoms with Crippen LogP contribution < -0.4 is 11.1 Å². The zero-order chi connectivity index (χ0) is 26.3. The van der Waals surface area contributed by atoms with Crippen LogP contribution in [0.1, 0.15) is 31.2 Å². The highest BCUT2D eigenvalue weighted by Gasteiger charge is 2.36. The summed E-state index contributed by atoms with van der Waals surface area (Å²) in [5, 5.41) is 4.29. The molecule has 3 aromatic heterocycles. The number of nitrogens with two attached hydrogens (primary N) is 1. The number of alkyl halides is 3. The number of carbonyl (C=O) groups excluding carboxylic acids is 2. The van der Waals surface area contributed by atoms with Gasteiger partial charge in [0, 0.05) is 21.5 Å². The number of nitrogen functional groups attached to an aromatic ring is 1. The number of rotatable bonds is 5. The van der Waals surface area contributed by atoms with Crippen molar-refractivity contribution in [2.24, 2.45) is 0 Å². The van der Waals surface area contributed by atoms with Crippen LogP contribution >= 0.6 is 34.3 Å². The molecule has 5 aromatic rings. The maximum absolute atomic E-state index is 14.0. The van der Waals surface area contributed by atoms with Crippen LogP contribution in [-0.4, -0.2) is 16.7 Å². The average molecular weight is 558 g/mol.